The molecule has 2 aromatic rings. The lowest BCUT2D eigenvalue weighted by molar-refractivity contribution is -0.121. The van der Waals surface area contributed by atoms with Crippen LogP contribution in [0.1, 0.15) is 22.3 Å². The minimum Gasteiger partial charge on any atom is -0.273 e. The zero-order valence-electron chi connectivity index (χ0n) is 11.9. The Morgan fingerprint density at radius 2 is 1.65 bits per heavy atom. The molecule has 0 aliphatic carbocycles. The Balaban J connectivity index is 1.84. The summed E-state index contributed by atoms with van der Waals surface area (Å²) in [6.45, 7) is 0. The lowest BCUT2D eigenvalue weighted by atomic mass is 10.1. The van der Waals surface area contributed by atoms with Crippen LogP contribution in [0, 0.1) is 0 Å². The number of benzene rings is 2. The highest BCUT2D eigenvalue weighted by Gasteiger charge is 2.12. The summed E-state index contributed by atoms with van der Waals surface area (Å²) >= 11 is 17.7. The summed E-state index contributed by atoms with van der Waals surface area (Å²) in [6, 6.07) is 11.8. The van der Waals surface area contributed by atoms with Crippen LogP contribution in [0.25, 0.3) is 0 Å². The largest absolute Gasteiger partial charge is 0.273 e. The summed E-state index contributed by atoms with van der Waals surface area (Å²) in [4.78, 5) is 23.7. The molecule has 7 heteroatoms. The molecule has 0 aliphatic rings. The van der Waals surface area contributed by atoms with Crippen molar-refractivity contribution in [1.29, 1.82) is 0 Å². The first kappa shape index (κ1) is 17.6. The summed E-state index contributed by atoms with van der Waals surface area (Å²) in [6.07, 6.45) is 0.668. The van der Waals surface area contributed by atoms with Crippen LogP contribution >= 0.6 is 34.8 Å². The Hall–Kier alpha value is -1.75. The second-order valence-corrected chi connectivity index (χ2v) is 5.97. The molecule has 0 aromatic heterocycles. The third kappa shape index (κ3) is 5.13. The molecule has 0 saturated heterocycles. The number of amides is 2. The summed E-state index contributed by atoms with van der Waals surface area (Å²) < 4.78 is 0. The zero-order valence-corrected chi connectivity index (χ0v) is 14.2. The number of nitrogens with one attached hydrogen (secondary N) is 2. The second kappa shape index (κ2) is 8.20. The van der Waals surface area contributed by atoms with Crippen LogP contribution in [-0.2, 0) is 11.2 Å². The van der Waals surface area contributed by atoms with E-state index in [1.165, 1.54) is 12.1 Å². The lowest BCUT2D eigenvalue weighted by Crippen LogP contribution is -2.41. The fraction of sp³-hybridized carbons (Fsp3) is 0.125. The monoisotopic (exact) mass is 370 g/mol. The molecule has 23 heavy (non-hydrogen) atoms. The van der Waals surface area contributed by atoms with E-state index in [-0.39, 0.29) is 22.9 Å². The number of carbonyl (C=O) groups excluding carboxylic acids is 2. The first-order valence-corrected chi connectivity index (χ1v) is 7.88. The fourth-order valence-electron chi connectivity index (χ4n) is 1.88. The number of rotatable bonds is 4. The van der Waals surface area contributed by atoms with Gasteiger partial charge in [0, 0.05) is 16.5 Å². The van der Waals surface area contributed by atoms with E-state index in [2.05, 4.69) is 10.9 Å². The molecule has 2 rings (SSSR count). The van der Waals surface area contributed by atoms with Crippen molar-refractivity contribution in [3.05, 3.63) is 68.7 Å². The Morgan fingerprint density at radius 3 is 2.35 bits per heavy atom. The Kier molecular flexibility index (Phi) is 6.28. The maximum atomic E-state index is 11.9. The highest BCUT2D eigenvalue weighted by atomic mass is 35.5. The topological polar surface area (TPSA) is 58.2 Å². The minimum absolute atomic E-state index is 0.193. The van der Waals surface area contributed by atoms with Crippen LogP contribution in [0.5, 0.6) is 0 Å². The van der Waals surface area contributed by atoms with E-state index in [1.807, 2.05) is 18.2 Å². The van der Waals surface area contributed by atoms with Crippen molar-refractivity contribution in [2.45, 2.75) is 12.8 Å². The second-order valence-electron chi connectivity index (χ2n) is 4.72. The molecular formula is C16H13Cl3N2O2. The summed E-state index contributed by atoms with van der Waals surface area (Å²) in [5.41, 5.74) is 5.75. The molecule has 0 spiro atoms. The van der Waals surface area contributed by atoms with E-state index in [4.69, 9.17) is 34.8 Å². The fourth-order valence-corrected chi connectivity index (χ4v) is 2.60. The first-order chi connectivity index (χ1) is 11.0. The van der Waals surface area contributed by atoms with Gasteiger partial charge in [-0.2, -0.15) is 0 Å². The molecule has 0 radical (unpaired) electrons. The average Bonchev–Trinajstić information content (AvgIpc) is 2.52. The number of hydrogen-bond acceptors (Lipinski definition) is 2. The van der Waals surface area contributed by atoms with Gasteiger partial charge in [0.2, 0.25) is 5.91 Å². The van der Waals surface area contributed by atoms with E-state index in [0.717, 1.165) is 5.56 Å². The van der Waals surface area contributed by atoms with Crippen LogP contribution in [0.15, 0.2) is 42.5 Å². The van der Waals surface area contributed by atoms with Crippen molar-refractivity contribution in [1.82, 2.24) is 10.9 Å². The predicted molar refractivity (Wildman–Crippen MR) is 91.8 cm³/mol. The highest BCUT2D eigenvalue weighted by molar-refractivity contribution is 6.36. The zero-order chi connectivity index (χ0) is 16.8. The van der Waals surface area contributed by atoms with Gasteiger partial charge in [-0.3, -0.25) is 20.4 Å². The third-order valence-electron chi connectivity index (χ3n) is 3.07. The summed E-state index contributed by atoms with van der Waals surface area (Å²) in [5, 5.41) is 1.24. The van der Waals surface area contributed by atoms with Crippen LogP contribution in [0.3, 0.4) is 0 Å². The smallest absolute Gasteiger partial charge is 0.271 e. The van der Waals surface area contributed by atoms with Crippen LogP contribution in [0.4, 0.5) is 0 Å². The number of hydrazine groups is 1. The highest BCUT2D eigenvalue weighted by Crippen LogP contribution is 2.20. The standard InChI is InChI=1S/C16H13Cl3N2O2/c17-11-6-7-12(14(19)9-11)16(23)21-20-15(22)8-5-10-3-1-2-4-13(10)18/h1-4,6-7,9H,5,8H2,(H,20,22)(H,21,23). The van der Waals surface area contributed by atoms with E-state index < -0.39 is 5.91 Å². The summed E-state index contributed by atoms with van der Waals surface area (Å²) in [7, 11) is 0. The number of hydrogen-bond donors (Lipinski definition) is 2. The van der Waals surface area contributed by atoms with E-state index in [1.54, 1.807) is 12.1 Å². The van der Waals surface area contributed by atoms with Gasteiger partial charge in [-0.05, 0) is 36.2 Å². The maximum Gasteiger partial charge on any atom is 0.271 e. The quantitative estimate of drug-likeness (QED) is 0.797. The minimum atomic E-state index is -0.516. The number of carbonyl (C=O) groups is 2. The van der Waals surface area contributed by atoms with Gasteiger partial charge in [-0.15, -0.1) is 0 Å². The van der Waals surface area contributed by atoms with Gasteiger partial charge >= 0.3 is 0 Å². The van der Waals surface area contributed by atoms with Crippen molar-refractivity contribution in [3.63, 3.8) is 0 Å². The van der Waals surface area contributed by atoms with Gasteiger partial charge in [-0.25, -0.2) is 0 Å². The number of aryl methyl sites for hydroxylation is 1. The van der Waals surface area contributed by atoms with Gasteiger partial charge < -0.3 is 0 Å². The van der Waals surface area contributed by atoms with E-state index in [0.29, 0.717) is 16.5 Å². The molecule has 0 atom stereocenters. The molecule has 0 fully saturated rings. The summed E-state index contributed by atoms with van der Waals surface area (Å²) in [5.74, 6) is -0.846. The van der Waals surface area contributed by atoms with Crippen molar-refractivity contribution in [2.75, 3.05) is 0 Å². The van der Waals surface area contributed by atoms with Crippen molar-refractivity contribution in [3.8, 4) is 0 Å². The molecule has 0 unspecified atom stereocenters. The Labute approximate surface area is 148 Å². The Morgan fingerprint density at radius 1 is 0.913 bits per heavy atom. The SMILES string of the molecule is O=C(CCc1ccccc1Cl)NNC(=O)c1ccc(Cl)cc1Cl. The molecule has 4 nitrogen and oxygen atoms in total. The normalized spacial score (nSPS) is 10.2. The van der Waals surface area contributed by atoms with Crippen molar-refractivity contribution in [2.24, 2.45) is 0 Å². The Bertz CT molecular complexity index is 735. The van der Waals surface area contributed by atoms with Gasteiger partial charge in [0.05, 0.1) is 10.6 Å². The van der Waals surface area contributed by atoms with Crippen LogP contribution < -0.4 is 10.9 Å². The van der Waals surface area contributed by atoms with Crippen LogP contribution in [-0.4, -0.2) is 11.8 Å². The predicted octanol–water partition coefficient (Wildman–Crippen LogP) is 4.04. The lowest BCUT2D eigenvalue weighted by Gasteiger charge is -2.09. The molecular weight excluding hydrogens is 359 g/mol. The molecule has 0 saturated carbocycles. The van der Waals surface area contributed by atoms with Gasteiger partial charge in [0.15, 0.2) is 0 Å². The molecule has 120 valence electrons. The molecule has 0 heterocycles. The van der Waals surface area contributed by atoms with Crippen molar-refractivity contribution >= 4 is 46.6 Å². The number of halogens is 3. The molecule has 0 aliphatic heterocycles. The third-order valence-corrected chi connectivity index (χ3v) is 3.99. The van der Waals surface area contributed by atoms with E-state index in [9.17, 15) is 9.59 Å². The van der Waals surface area contributed by atoms with Gasteiger partial charge in [0.1, 0.15) is 0 Å². The van der Waals surface area contributed by atoms with Gasteiger partial charge in [0.25, 0.3) is 5.91 Å². The van der Waals surface area contributed by atoms with Crippen LogP contribution in [0.2, 0.25) is 15.1 Å². The molecule has 2 N–H and O–H groups in total. The van der Waals surface area contributed by atoms with Crippen molar-refractivity contribution < 1.29 is 9.59 Å². The van der Waals surface area contributed by atoms with E-state index >= 15 is 0 Å². The molecule has 2 amide bonds. The molecule has 0 bridgehead atoms. The van der Waals surface area contributed by atoms with Gasteiger partial charge in [-0.1, -0.05) is 53.0 Å². The molecule has 2 aromatic carbocycles. The first-order valence-electron chi connectivity index (χ1n) is 6.75. The average molecular weight is 372 g/mol. The maximum absolute atomic E-state index is 11.9.